The molecule has 0 amide bonds. The molecule has 0 spiro atoms. The van der Waals surface area contributed by atoms with Crippen molar-refractivity contribution in [2.24, 2.45) is 5.41 Å². The van der Waals surface area contributed by atoms with Gasteiger partial charge in [-0.2, -0.15) is 0 Å². The summed E-state index contributed by atoms with van der Waals surface area (Å²) in [4.78, 5) is 0. The van der Waals surface area contributed by atoms with Gasteiger partial charge in [-0.05, 0) is 33.0 Å². The molecular weight excluding hydrogens is 206 g/mol. The molecule has 2 unspecified atom stereocenters. The molecule has 0 aliphatic carbocycles. The minimum absolute atomic E-state index is 0.00937. The van der Waals surface area contributed by atoms with Gasteiger partial charge in [-0.3, -0.25) is 0 Å². The second-order valence-electron chi connectivity index (χ2n) is 6.19. The first kappa shape index (κ1) is 14.0. The fourth-order valence-corrected chi connectivity index (χ4v) is 1.85. The first-order valence-corrected chi connectivity index (χ1v) is 6.09. The van der Waals surface area contributed by atoms with Gasteiger partial charge in [0, 0.05) is 12.0 Å². The molecule has 0 aromatic carbocycles. The van der Waals surface area contributed by atoms with Crippen LogP contribution in [0.3, 0.4) is 0 Å². The van der Waals surface area contributed by atoms with Crippen molar-refractivity contribution < 1.29 is 13.7 Å². The van der Waals surface area contributed by atoms with E-state index in [2.05, 4.69) is 27.7 Å². The molecule has 94 valence electrons. The van der Waals surface area contributed by atoms with Crippen LogP contribution in [0.5, 0.6) is 0 Å². The molecule has 2 atom stereocenters. The van der Waals surface area contributed by atoms with Gasteiger partial charge < -0.3 is 9.31 Å². The quantitative estimate of drug-likeness (QED) is 0.691. The zero-order chi connectivity index (χ0) is 12.6. The van der Waals surface area contributed by atoms with E-state index in [0.29, 0.717) is 13.0 Å². The fourth-order valence-electron chi connectivity index (χ4n) is 1.85. The Labute approximate surface area is 99.0 Å². The van der Waals surface area contributed by atoms with Gasteiger partial charge in [-0.1, -0.05) is 20.8 Å². The lowest BCUT2D eigenvalue weighted by atomic mass is 9.65. The van der Waals surface area contributed by atoms with Crippen molar-refractivity contribution in [1.82, 2.24) is 0 Å². The Hall–Kier alpha value is -0.0851. The summed E-state index contributed by atoms with van der Waals surface area (Å²) in [5.74, 6) is 0.0929. The molecule has 1 aliphatic heterocycles. The van der Waals surface area contributed by atoms with Crippen LogP contribution in [0.2, 0.25) is 5.82 Å². The Bertz CT molecular complexity index is 241. The number of alkyl halides is 1. The van der Waals surface area contributed by atoms with Gasteiger partial charge in [0.05, 0.1) is 11.8 Å². The van der Waals surface area contributed by atoms with E-state index >= 15 is 0 Å². The fraction of sp³-hybridized carbons (Fsp3) is 1.00. The molecule has 0 radical (unpaired) electrons. The lowest BCUT2D eigenvalue weighted by molar-refractivity contribution is -0.101. The summed E-state index contributed by atoms with van der Waals surface area (Å²) in [6, 6.07) is 0. The van der Waals surface area contributed by atoms with E-state index in [1.807, 2.05) is 6.92 Å². The highest BCUT2D eigenvalue weighted by molar-refractivity contribution is 6.46. The molecule has 0 N–H and O–H groups in total. The Morgan fingerprint density at radius 3 is 2.25 bits per heavy atom. The Morgan fingerprint density at radius 2 is 1.81 bits per heavy atom. The average Bonchev–Trinajstić information content (AvgIpc) is 2.08. The van der Waals surface area contributed by atoms with Crippen LogP contribution in [0.15, 0.2) is 0 Å². The lowest BCUT2D eigenvalue weighted by Gasteiger charge is -2.48. The van der Waals surface area contributed by atoms with Crippen LogP contribution in [0.1, 0.15) is 48.0 Å². The third-order valence-corrected chi connectivity index (χ3v) is 3.81. The predicted octanol–water partition coefficient (Wildman–Crippen LogP) is 3.46. The monoisotopic (exact) mass is 230 g/mol. The lowest BCUT2D eigenvalue weighted by Crippen LogP contribution is -2.55. The SMILES string of the molecule is CC(F)CC(C)B1OCC(C)(C)C(C)(C)O1. The standard InChI is InChI=1S/C12H24BFO2/c1-9(7-10(2)14)13-15-8-11(3,4)12(5,6)16-13/h9-10H,7-8H2,1-6H3. The first-order valence-electron chi connectivity index (χ1n) is 6.09. The highest BCUT2D eigenvalue weighted by Gasteiger charge is 2.47. The molecule has 1 aliphatic rings. The van der Waals surface area contributed by atoms with Gasteiger partial charge >= 0.3 is 7.12 Å². The van der Waals surface area contributed by atoms with E-state index in [4.69, 9.17) is 9.31 Å². The molecule has 1 saturated heterocycles. The molecule has 0 aromatic rings. The van der Waals surface area contributed by atoms with Crippen LogP contribution >= 0.6 is 0 Å². The Kier molecular flexibility index (Phi) is 4.06. The number of rotatable bonds is 3. The van der Waals surface area contributed by atoms with Crippen molar-refractivity contribution in [3.05, 3.63) is 0 Å². The summed E-state index contributed by atoms with van der Waals surface area (Å²) >= 11 is 0. The maximum absolute atomic E-state index is 12.9. The molecule has 1 fully saturated rings. The van der Waals surface area contributed by atoms with Crippen molar-refractivity contribution >= 4 is 7.12 Å². The van der Waals surface area contributed by atoms with E-state index < -0.39 is 6.17 Å². The minimum atomic E-state index is -0.805. The molecule has 2 nitrogen and oxygen atoms in total. The molecule has 1 heterocycles. The van der Waals surface area contributed by atoms with Crippen LogP contribution in [-0.4, -0.2) is 25.5 Å². The summed E-state index contributed by atoms with van der Waals surface area (Å²) < 4.78 is 24.6. The van der Waals surface area contributed by atoms with Crippen molar-refractivity contribution in [3.63, 3.8) is 0 Å². The summed E-state index contributed by atoms with van der Waals surface area (Å²) in [6.45, 7) is 12.6. The van der Waals surface area contributed by atoms with E-state index in [9.17, 15) is 4.39 Å². The minimum Gasteiger partial charge on any atom is -0.410 e. The number of hydrogen-bond donors (Lipinski definition) is 0. The van der Waals surface area contributed by atoms with E-state index in [-0.39, 0.29) is 24.0 Å². The molecule has 16 heavy (non-hydrogen) atoms. The predicted molar refractivity (Wildman–Crippen MR) is 65.3 cm³/mol. The van der Waals surface area contributed by atoms with Crippen molar-refractivity contribution in [3.8, 4) is 0 Å². The van der Waals surface area contributed by atoms with Gasteiger partial charge in [-0.15, -0.1) is 0 Å². The summed E-state index contributed by atoms with van der Waals surface area (Å²) in [7, 11) is -0.277. The Morgan fingerprint density at radius 1 is 1.25 bits per heavy atom. The van der Waals surface area contributed by atoms with E-state index in [1.165, 1.54) is 0 Å². The third-order valence-electron chi connectivity index (χ3n) is 3.81. The highest BCUT2D eigenvalue weighted by atomic mass is 19.1. The molecule has 4 heteroatoms. The maximum Gasteiger partial charge on any atom is 0.460 e. The van der Waals surface area contributed by atoms with Crippen LogP contribution in [0.4, 0.5) is 4.39 Å². The number of hydrogen-bond acceptors (Lipinski definition) is 2. The third kappa shape index (κ3) is 2.98. The Balaban J connectivity index is 2.62. The van der Waals surface area contributed by atoms with E-state index in [1.54, 1.807) is 6.92 Å². The number of halogens is 1. The second-order valence-corrected chi connectivity index (χ2v) is 6.19. The molecule has 0 bridgehead atoms. The van der Waals surface area contributed by atoms with Gasteiger partial charge in [0.2, 0.25) is 0 Å². The van der Waals surface area contributed by atoms with Gasteiger partial charge in [0.15, 0.2) is 0 Å². The van der Waals surface area contributed by atoms with Gasteiger partial charge in [0.1, 0.15) is 0 Å². The van der Waals surface area contributed by atoms with Crippen molar-refractivity contribution in [2.75, 3.05) is 6.61 Å². The largest absolute Gasteiger partial charge is 0.460 e. The van der Waals surface area contributed by atoms with Crippen LogP contribution < -0.4 is 0 Å². The molecule has 0 saturated carbocycles. The first-order chi connectivity index (χ1) is 7.16. The van der Waals surface area contributed by atoms with Gasteiger partial charge in [0.25, 0.3) is 0 Å². The van der Waals surface area contributed by atoms with Crippen LogP contribution in [-0.2, 0) is 9.31 Å². The van der Waals surface area contributed by atoms with Gasteiger partial charge in [-0.25, -0.2) is 4.39 Å². The van der Waals surface area contributed by atoms with Crippen molar-refractivity contribution in [1.29, 1.82) is 0 Å². The summed E-state index contributed by atoms with van der Waals surface area (Å²) in [6.07, 6.45) is -0.318. The average molecular weight is 230 g/mol. The zero-order valence-electron chi connectivity index (χ0n) is 11.3. The molecule has 0 aromatic heterocycles. The van der Waals surface area contributed by atoms with Crippen LogP contribution in [0, 0.1) is 5.41 Å². The normalized spacial score (nSPS) is 27.6. The van der Waals surface area contributed by atoms with Crippen LogP contribution in [0.25, 0.3) is 0 Å². The second kappa shape index (κ2) is 4.65. The molecule has 1 rings (SSSR count). The van der Waals surface area contributed by atoms with E-state index in [0.717, 1.165) is 0 Å². The summed E-state index contributed by atoms with van der Waals surface area (Å²) in [5.41, 5.74) is -0.242. The van der Waals surface area contributed by atoms with Crippen molar-refractivity contribution in [2.45, 2.75) is 65.6 Å². The highest BCUT2D eigenvalue weighted by Crippen LogP contribution is 2.40. The zero-order valence-corrected chi connectivity index (χ0v) is 11.3. The smallest absolute Gasteiger partial charge is 0.410 e. The molecular formula is C12H24BFO2. The topological polar surface area (TPSA) is 18.5 Å². The summed E-state index contributed by atoms with van der Waals surface area (Å²) in [5, 5.41) is 0. The maximum atomic E-state index is 12.9.